The number of carboxylic acids is 1. The Hall–Kier alpha value is -4.62. The van der Waals surface area contributed by atoms with Crippen molar-refractivity contribution >= 4 is 65.9 Å². The van der Waals surface area contributed by atoms with Crippen molar-refractivity contribution in [3.05, 3.63) is 0 Å². The number of nitrogens with one attached hydrogen (secondary N) is 5. The highest BCUT2D eigenvalue weighted by atomic mass is 32.1. The zero-order chi connectivity index (χ0) is 35.8. The molecule has 1 aliphatic rings. The number of nitrogens with zero attached hydrogens (tertiary/aromatic N) is 2. The molecule has 1 saturated heterocycles. The lowest BCUT2D eigenvalue weighted by Crippen LogP contribution is -2.58. The van der Waals surface area contributed by atoms with Gasteiger partial charge in [-0.15, -0.1) is 0 Å². The molecule has 20 heteroatoms. The van der Waals surface area contributed by atoms with E-state index in [1.54, 1.807) is 13.8 Å². The molecule has 0 unspecified atom stereocenters. The van der Waals surface area contributed by atoms with Gasteiger partial charge in [0.25, 0.3) is 0 Å². The molecule has 19 nitrogen and oxygen atoms in total. The molecule has 5 atom stereocenters. The standard InChI is InChI=1S/C27H46N10O9S/c1-13(2)21(26(46)37-9-5-7-18(37)25(45)34-16(22(28)42)10-20(40)41)36-19(39)11-32-23(43)17(12-47)35-24(44)15(33-14(3)38)6-4-8-31-27(29)30/h13,15-18,21,47H,4-12H2,1-3H3,(H2,28,42)(H,32,43)(H,33,38)(H,34,45)(H,35,44)(H,36,39)(H,40,41)(H4,29,30,31)/t15-,16-,17-,18-,21-/m0/s1. The molecule has 0 aromatic carbocycles. The molecule has 7 amide bonds. The number of likely N-dealkylation sites (tertiary alicyclic amines) is 1. The number of hydrogen-bond donors (Lipinski definition) is 10. The molecule has 1 heterocycles. The average Bonchev–Trinajstić information content (AvgIpc) is 3.47. The second-order valence-corrected chi connectivity index (χ2v) is 11.6. The van der Waals surface area contributed by atoms with Crippen LogP contribution in [-0.4, -0.2) is 119 Å². The van der Waals surface area contributed by atoms with E-state index in [0.29, 0.717) is 12.8 Å². The topological polar surface area (TPSA) is 311 Å². The highest BCUT2D eigenvalue weighted by molar-refractivity contribution is 7.80. The van der Waals surface area contributed by atoms with Gasteiger partial charge in [-0.3, -0.25) is 43.3 Å². The fraction of sp³-hybridized carbons (Fsp3) is 0.667. The number of thiol groups is 1. The Balaban J connectivity index is 2.83. The summed E-state index contributed by atoms with van der Waals surface area (Å²) >= 11 is 4.11. The molecule has 0 aliphatic carbocycles. The monoisotopic (exact) mass is 686 g/mol. The van der Waals surface area contributed by atoms with Gasteiger partial charge in [0.2, 0.25) is 41.4 Å². The predicted octanol–water partition coefficient (Wildman–Crippen LogP) is -4.35. The van der Waals surface area contributed by atoms with Gasteiger partial charge in [-0.25, -0.2) is 0 Å². The Morgan fingerprint density at radius 2 is 1.60 bits per heavy atom. The lowest BCUT2D eigenvalue weighted by atomic mass is 10.0. The number of carbonyl (C=O) groups excluding carboxylic acids is 7. The van der Waals surface area contributed by atoms with Gasteiger partial charge < -0.3 is 53.8 Å². The van der Waals surface area contributed by atoms with Gasteiger partial charge in [-0.2, -0.15) is 12.6 Å². The number of carbonyl (C=O) groups is 8. The second kappa shape index (κ2) is 19.8. The van der Waals surface area contributed by atoms with Gasteiger partial charge in [-0.1, -0.05) is 13.8 Å². The van der Waals surface area contributed by atoms with Crippen molar-refractivity contribution in [1.82, 2.24) is 31.5 Å². The molecule has 0 aromatic rings. The van der Waals surface area contributed by atoms with Gasteiger partial charge in [-0.05, 0) is 31.6 Å². The molecule has 264 valence electrons. The highest BCUT2D eigenvalue weighted by Crippen LogP contribution is 2.21. The summed E-state index contributed by atoms with van der Waals surface area (Å²) in [6, 6.07) is -5.77. The number of nitrogens with two attached hydrogens (primary N) is 3. The summed E-state index contributed by atoms with van der Waals surface area (Å²) in [5, 5.41) is 21.2. The van der Waals surface area contributed by atoms with E-state index in [2.05, 4.69) is 44.2 Å². The van der Waals surface area contributed by atoms with Crippen LogP contribution in [-0.2, 0) is 38.4 Å². The highest BCUT2D eigenvalue weighted by Gasteiger charge is 2.39. The normalized spacial score (nSPS) is 16.5. The van der Waals surface area contributed by atoms with Gasteiger partial charge in [0.1, 0.15) is 30.2 Å². The number of carboxylic acid groups (broad SMARTS) is 1. The number of amides is 7. The Labute approximate surface area is 277 Å². The zero-order valence-corrected chi connectivity index (χ0v) is 27.5. The van der Waals surface area contributed by atoms with Crippen LogP contribution in [0.3, 0.4) is 0 Å². The Morgan fingerprint density at radius 3 is 2.13 bits per heavy atom. The molecule has 0 bridgehead atoms. The Morgan fingerprint density at radius 1 is 0.936 bits per heavy atom. The second-order valence-electron chi connectivity index (χ2n) is 11.2. The van der Waals surface area contributed by atoms with E-state index in [-0.39, 0.29) is 37.6 Å². The molecule has 0 spiro atoms. The predicted molar refractivity (Wildman–Crippen MR) is 171 cm³/mol. The first-order valence-electron chi connectivity index (χ1n) is 14.9. The number of aliphatic carboxylic acids is 1. The lowest BCUT2D eigenvalue weighted by molar-refractivity contribution is -0.144. The smallest absolute Gasteiger partial charge is 0.305 e. The van der Waals surface area contributed by atoms with E-state index in [9.17, 15) is 38.4 Å². The van der Waals surface area contributed by atoms with Crippen molar-refractivity contribution in [3.63, 3.8) is 0 Å². The summed E-state index contributed by atoms with van der Waals surface area (Å²) in [6.07, 6.45) is 0.469. The van der Waals surface area contributed by atoms with Crippen LogP contribution in [0.4, 0.5) is 0 Å². The first-order chi connectivity index (χ1) is 22.0. The van der Waals surface area contributed by atoms with Crippen LogP contribution in [0, 0.1) is 5.92 Å². The number of aliphatic imine (C=N–C) groups is 1. The maximum Gasteiger partial charge on any atom is 0.305 e. The van der Waals surface area contributed by atoms with Gasteiger partial charge in [0.05, 0.1) is 13.0 Å². The Bertz CT molecular complexity index is 1210. The molecule has 1 aliphatic heterocycles. The average molecular weight is 687 g/mol. The number of guanidine groups is 1. The minimum absolute atomic E-state index is 0.122. The summed E-state index contributed by atoms with van der Waals surface area (Å²) in [5.41, 5.74) is 15.8. The zero-order valence-electron chi connectivity index (χ0n) is 26.6. The van der Waals surface area contributed by atoms with Crippen LogP contribution in [0.2, 0.25) is 0 Å². The van der Waals surface area contributed by atoms with E-state index in [1.165, 1.54) is 11.8 Å². The molecule has 12 N–H and O–H groups in total. The first-order valence-corrected chi connectivity index (χ1v) is 15.5. The van der Waals surface area contributed by atoms with E-state index < -0.39 is 96.4 Å². The summed E-state index contributed by atoms with van der Waals surface area (Å²) in [5.74, 6) is -7.07. The lowest BCUT2D eigenvalue weighted by Gasteiger charge is -2.31. The van der Waals surface area contributed by atoms with Crippen LogP contribution in [0.1, 0.15) is 52.9 Å². The number of primary amides is 1. The van der Waals surface area contributed by atoms with Crippen LogP contribution in [0.25, 0.3) is 0 Å². The molecule has 1 fully saturated rings. The molecule has 47 heavy (non-hydrogen) atoms. The van der Waals surface area contributed by atoms with Crippen LogP contribution in [0.15, 0.2) is 4.99 Å². The van der Waals surface area contributed by atoms with Gasteiger partial charge in [0.15, 0.2) is 5.96 Å². The van der Waals surface area contributed by atoms with Crippen molar-refractivity contribution in [3.8, 4) is 0 Å². The van der Waals surface area contributed by atoms with Crippen molar-refractivity contribution in [2.24, 2.45) is 28.1 Å². The summed E-state index contributed by atoms with van der Waals surface area (Å²) in [6.45, 7) is 4.38. The minimum Gasteiger partial charge on any atom is -0.481 e. The summed E-state index contributed by atoms with van der Waals surface area (Å²) in [7, 11) is 0. The van der Waals surface area contributed by atoms with Gasteiger partial charge in [0, 0.05) is 25.8 Å². The Kier molecular flexibility index (Phi) is 17.0. The molecule has 0 radical (unpaired) electrons. The molecule has 1 rings (SSSR count). The maximum atomic E-state index is 13.5. The van der Waals surface area contributed by atoms with Crippen molar-refractivity contribution in [2.45, 2.75) is 83.1 Å². The maximum absolute atomic E-state index is 13.5. The van der Waals surface area contributed by atoms with Crippen LogP contribution < -0.4 is 43.8 Å². The van der Waals surface area contributed by atoms with Gasteiger partial charge >= 0.3 is 5.97 Å². The SMILES string of the molecule is CC(=O)N[C@@H](CCCN=C(N)N)C(=O)N[C@@H](CS)C(=O)NCC(=O)N[C@H](C(=O)N1CCC[C@H]1C(=O)N[C@@H](CC(=O)O)C(N)=O)C(C)C. The van der Waals surface area contributed by atoms with E-state index in [4.69, 9.17) is 22.3 Å². The number of hydrogen-bond acceptors (Lipinski definition) is 10. The summed E-state index contributed by atoms with van der Waals surface area (Å²) in [4.78, 5) is 104. The third kappa shape index (κ3) is 14.1. The fourth-order valence-corrected chi connectivity index (χ4v) is 4.92. The van der Waals surface area contributed by atoms with E-state index in [0.717, 1.165) is 0 Å². The quantitative estimate of drug-likeness (QED) is 0.0268. The molecule has 0 saturated carbocycles. The summed E-state index contributed by atoms with van der Waals surface area (Å²) < 4.78 is 0. The van der Waals surface area contributed by atoms with E-state index >= 15 is 0 Å². The van der Waals surface area contributed by atoms with E-state index in [1.807, 2.05) is 0 Å². The van der Waals surface area contributed by atoms with Crippen molar-refractivity contribution in [1.29, 1.82) is 0 Å². The third-order valence-corrected chi connectivity index (χ3v) is 7.37. The fourth-order valence-electron chi connectivity index (χ4n) is 4.66. The van der Waals surface area contributed by atoms with Crippen LogP contribution >= 0.6 is 12.6 Å². The first kappa shape index (κ1) is 40.4. The largest absolute Gasteiger partial charge is 0.481 e. The minimum atomic E-state index is -1.47. The molecular formula is C27H46N10O9S. The third-order valence-electron chi connectivity index (χ3n) is 7.00. The van der Waals surface area contributed by atoms with Crippen molar-refractivity contribution in [2.75, 3.05) is 25.4 Å². The van der Waals surface area contributed by atoms with Crippen LogP contribution in [0.5, 0.6) is 0 Å². The number of rotatable bonds is 19. The molecule has 0 aromatic heterocycles. The molecular weight excluding hydrogens is 640 g/mol. The van der Waals surface area contributed by atoms with Crippen molar-refractivity contribution < 1.29 is 43.5 Å².